The number of carbonyl (C=O) groups is 1. The van der Waals surface area contributed by atoms with Crippen LogP contribution < -0.4 is 11.1 Å². The lowest BCUT2D eigenvalue weighted by molar-refractivity contribution is -0.143. The van der Waals surface area contributed by atoms with E-state index in [1.54, 1.807) is 26.0 Å². The van der Waals surface area contributed by atoms with Crippen LogP contribution in [0.5, 0.6) is 0 Å². The van der Waals surface area contributed by atoms with E-state index in [9.17, 15) is 18.0 Å². The first-order valence-corrected chi connectivity index (χ1v) is 7.28. The highest BCUT2D eigenvalue weighted by atomic mass is 19.4. The zero-order chi connectivity index (χ0) is 18.1. The number of hydrogen-bond acceptors (Lipinski definition) is 3. The van der Waals surface area contributed by atoms with Crippen molar-refractivity contribution in [3.63, 3.8) is 0 Å². The van der Waals surface area contributed by atoms with E-state index >= 15 is 0 Å². The van der Waals surface area contributed by atoms with Crippen LogP contribution in [0.4, 0.5) is 13.2 Å². The van der Waals surface area contributed by atoms with Gasteiger partial charge in [0.2, 0.25) is 0 Å². The van der Waals surface area contributed by atoms with E-state index in [4.69, 9.17) is 5.73 Å². The van der Waals surface area contributed by atoms with Gasteiger partial charge in [0.05, 0.1) is 17.4 Å². The molecule has 0 aliphatic rings. The summed E-state index contributed by atoms with van der Waals surface area (Å²) in [6.45, 7) is 5.19. The third-order valence-corrected chi connectivity index (χ3v) is 3.27. The van der Waals surface area contributed by atoms with E-state index < -0.39 is 28.9 Å². The Bertz CT molecular complexity index is 727. The van der Waals surface area contributed by atoms with Crippen molar-refractivity contribution in [1.82, 2.24) is 15.1 Å². The SMILES string of the molecule is Cc1ccc(-n2ncc(C(=O)NCC(C)(C)N)c2C(F)(F)F)cc1. The van der Waals surface area contributed by atoms with Crippen molar-refractivity contribution < 1.29 is 18.0 Å². The number of nitrogens with zero attached hydrogens (tertiary/aromatic N) is 2. The molecule has 2 aromatic rings. The van der Waals surface area contributed by atoms with Gasteiger partial charge >= 0.3 is 6.18 Å². The number of nitrogens with two attached hydrogens (primary N) is 1. The molecule has 0 atom stereocenters. The molecular weight excluding hydrogens is 321 g/mol. The highest BCUT2D eigenvalue weighted by Crippen LogP contribution is 2.33. The van der Waals surface area contributed by atoms with Crippen molar-refractivity contribution in [2.45, 2.75) is 32.5 Å². The molecule has 8 heteroatoms. The van der Waals surface area contributed by atoms with Gasteiger partial charge in [-0.25, -0.2) is 4.68 Å². The first-order chi connectivity index (χ1) is 11.0. The quantitative estimate of drug-likeness (QED) is 0.899. The number of halogens is 3. The Kier molecular flexibility index (Phi) is 4.70. The fourth-order valence-electron chi connectivity index (χ4n) is 2.07. The van der Waals surface area contributed by atoms with Crippen LogP contribution in [0.15, 0.2) is 30.5 Å². The predicted octanol–water partition coefficient (Wildman–Crippen LogP) is 2.67. The molecule has 0 unspecified atom stereocenters. The molecule has 0 spiro atoms. The Hall–Kier alpha value is -2.35. The molecule has 130 valence electrons. The Morgan fingerprint density at radius 3 is 2.33 bits per heavy atom. The van der Waals surface area contributed by atoms with E-state index in [1.807, 2.05) is 6.92 Å². The van der Waals surface area contributed by atoms with Crippen LogP contribution in [-0.2, 0) is 6.18 Å². The Morgan fingerprint density at radius 2 is 1.83 bits per heavy atom. The van der Waals surface area contributed by atoms with Crippen molar-refractivity contribution in [2.24, 2.45) is 5.73 Å². The number of hydrogen-bond donors (Lipinski definition) is 2. The van der Waals surface area contributed by atoms with Gasteiger partial charge in [-0.1, -0.05) is 17.7 Å². The van der Waals surface area contributed by atoms with Crippen molar-refractivity contribution in [1.29, 1.82) is 0 Å². The van der Waals surface area contributed by atoms with Gasteiger partial charge in [-0.15, -0.1) is 0 Å². The van der Waals surface area contributed by atoms with Crippen molar-refractivity contribution in [2.75, 3.05) is 6.54 Å². The second kappa shape index (κ2) is 6.27. The summed E-state index contributed by atoms with van der Waals surface area (Å²) in [7, 11) is 0. The molecule has 0 aliphatic carbocycles. The fourth-order valence-corrected chi connectivity index (χ4v) is 2.07. The molecule has 0 aliphatic heterocycles. The maximum absolute atomic E-state index is 13.5. The number of rotatable bonds is 4. The van der Waals surface area contributed by atoms with Gasteiger partial charge in [0.15, 0.2) is 5.69 Å². The van der Waals surface area contributed by atoms with E-state index in [2.05, 4.69) is 10.4 Å². The van der Waals surface area contributed by atoms with Crippen LogP contribution in [0.2, 0.25) is 0 Å². The summed E-state index contributed by atoms with van der Waals surface area (Å²) in [5.74, 6) is -0.862. The minimum absolute atomic E-state index is 0.0405. The van der Waals surface area contributed by atoms with Gasteiger partial charge < -0.3 is 11.1 Å². The molecule has 0 radical (unpaired) electrons. The summed E-state index contributed by atoms with van der Waals surface area (Å²) in [5, 5.41) is 6.16. The van der Waals surface area contributed by atoms with Crippen LogP contribution in [0.1, 0.15) is 35.5 Å². The van der Waals surface area contributed by atoms with Crippen LogP contribution in [0.25, 0.3) is 5.69 Å². The van der Waals surface area contributed by atoms with Gasteiger partial charge in [0.25, 0.3) is 5.91 Å². The molecule has 2 rings (SSSR count). The third kappa shape index (κ3) is 4.14. The molecule has 0 saturated carbocycles. The topological polar surface area (TPSA) is 72.9 Å². The zero-order valence-electron chi connectivity index (χ0n) is 13.6. The van der Waals surface area contributed by atoms with Gasteiger partial charge in [-0.2, -0.15) is 18.3 Å². The molecule has 5 nitrogen and oxygen atoms in total. The molecule has 0 saturated heterocycles. The number of carbonyl (C=O) groups excluding carboxylic acids is 1. The number of alkyl halides is 3. The monoisotopic (exact) mass is 340 g/mol. The normalized spacial score (nSPS) is 12.3. The second-order valence-corrected chi connectivity index (χ2v) is 6.32. The maximum Gasteiger partial charge on any atom is 0.434 e. The minimum atomic E-state index is -4.73. The van der Waals surface area contributed by atoms with Crippen molar-refractivity contribution >= 4 is 5.91 Å². The van der Waals surface area contributed by atoms with Crippen molar-refractivity contribution in [3.05, 3.63) is 47.3 Å². The lowest BCUT2D eigenvalue weighted by Gasteiger charge is -2.19. The molecule has 0 bridgehead atoms. The first kappa shape index (κ1) is 18.0. The second-order valence-electron chi connectivity index (χ2n) is 6.32. The number of nitrogens with one attached hydrogen (secondary N) is 1. The van der Waals surface area contributed by atoms with Crippen LogP contribution in [0.3, 0.4) is 0 Å². The smallest absolute Gasteiger partial charge is 0.350 e. The summed E-state index contributed by atoms with van der Waals surface area (Å²) in [6, 6.07) is 6.38. The van der Waals surface area contributed by atoms with Crippen LogP contribution in [0, 0.1) is 6.92 Å². The zero-order valence-corrected chi connectivity index (χ0v) is 13.6. The van der Waals surface area contributed by atoms with E-state index in [0.717, 1.165) is 16.4 Å². The minimum Gasteiger partial charge on any atom is -0.350 e. The van der Waals surface area contributed by atoms with E-state index in [-0.39, 0.29) is 12.2 Å². The lowest BCUT2D eigenvalue weighted by atomic mass is 10.1. The standard InChI is InChI=1S/C16H19F3N4O/c1-10-4-6-11(7-5-10)23-13(16(17,18)19)12(8-22-23)14(24)21-9-15(2,3)20/h4-8H,9,20H2,1-3H3,(H,21,24). The van der Waals surface area contributed by atoms with Gasteiger partial charge in [0, 0.05) is 12.1 Å². The molecule has 24 heavy (non-hydrogen) atoms. The van der Waals surface area contributed by atoms with Crippen LogP contribution >= 0.6 is 0 Å². The summed E-state index contributed by atoms with van der Waals surface area (Å²) in [6.07, 6.45) is -3.81. The first-order valence-electron chi connectivity index (χ1n) is 7.28. The largest absolute Gasteiger partial charge is 0.434 e. The van der Waals surface area contributed by atoms with Gasteiger partial charge in [-0.3, -0.25) is 4.79 Å². The fraction of sp³-hybridized carbons (Fsp3) is 0.375. The van der Waals surface area contributed by atoms with Crippen LogP contribution in [-0.4, -0.2) is 27.8 Å². The summed E-state index contributed by atoms with van der Waals surface area (Å²) in [4.78, 5) is 12.1. The maximum atomic E-state index is 13.5. The van der Waals surface area contributed by atoms with Crippen molar-refractivity contribution in [3.8, 4) is 5.69 Å². The summed E-state index contributed by atoms with van der Waals surface area (Å²) in [5.41, 5.74) is 4.49. The lowest BCUT2D eigenvalue weighted by Crippen LogP contribution is -2.45. The van der Waals surface area contributed by atoms with E-state index in [0.29, 0.717) is 0 Å². The summed E-state index contributed by atoms with van der Waals surface area (Å²) >= 11 is 0. The molecular formula is C16H19F3N4O. The molecule has 1 heterocycles. The Labute approximate surface area is 137 Å². The third-order valence-electron chi connectivity index (χ3n) is 3.27. The number of aromatic nitrogens is 2. The molecule has 0 fully saturated rings. The van der Waals surface area contributed by atoms with E-state index in [1.165, 1.54) is 12.1 Å². The average Bonchev–Trinajstić information content (AvgIpc) is 2.90. The average molecular weight is 340 g/mol. The number of aryl methyl sites for hydroxylation is 1. The van der Waals surface area contributed by atoms with Gasteiger partial charge in [0.1, 0.15) is 0 Å². The Balaban J connectivity index is 2.43. The highest BCUT2D eigenvalue weighted by molar-refractivity contribution is 5.95. The molecule has 3 N–H and O–H groups in total. The summed E-state index contributed by atoms with van der Waals surface area (Å²) < 4.78 is 41.2. The molecule has 1 amide bonds. The van der Waals surface area contributed by atoms with Gasteiger partial charge in [-0.05, 0) is 32.9 Å². The predicted molar refractivity (Wildman–Crippen MR) is 83.9 cm³/mol. The number of benzene rings is 1. The highest BCUT2D eigenvalue weighted by Gasteiger charge is 2.40. The number of amides is 1. The molecule has 1 aromatic carbocycles. The Morgan fingerprint density at radius 1 is 1.25 bits per heavy atom. The molecule has 1 aromatic heterocycles.